The van der Waals surface area contributed by atoms with E-state index in [1.807, 2.05) is 24.0 Å². The molecule has 0 aromatic heterocycles. The number of nitrogens with zero attached hydrogens (tertiary/aromatic N) is 1. The van der Waals surface area contributed by atoms with Gasteiger partial charge in [-0.1, -0.05) is 48.9 Å². The Labute approximate surface area is 181 Å². The Morgan fingerprint density at radius 2 is 1.80 bits per heavy atom. The van der Waals surface area contributed by atoms with Gasteiger partial charge in [0.1, 0.15) is 0 Å². The number of allylic oxidation sites excluding steroid dienone is 1. The van der Waals surface area contributed by atoms with Crippen molar-refractivity contribution in [2.24, 2.45) is 5.41 Å². The highest BCUT2D eigenvalue weighted by atomic mass is 16.2. The number of hydrogen-bond donors (Lipinski definition) is 1. The van der Waals surface area contributed by atoms with Gasteiger partial charge >= 0.3 is 0 Å². The highest BCUT2D eigenvalue weighted by Gasteiger charge is 2.35. The minimum atomic E-state index is 0.134. The van der Waals surface area contributed by atoms with E-state index in [-0.39, 0.29) is 11.3 Å². The molecule has 0 atom stereocenters. The Bertz CT molecular complexity index is 936. The molecule has 2 aromatic carbocycles. The van der Waals surface area contributed by atoms with Crippen LogP contribution in [-0.2, 0) is 6.42 Å². The third-order valence-corrected chi connectivity index (χ3v) is 6.75. The zero-order valence-corrected chi connectivity index (χ0v) is 18.6. The molecule has 1 spiro atoms. The van der Waals surface area contributed by atoms with Crippen molar-refractivity contribution in [1.29, 1.82) is 0 Å². The van der Waals surface area contributed by atoms with E-state index in [0.717, 1.165) is 44.6 Å². The van der Waals surface area contributed by atoms with E-state index in [1.54, 1.807) is 0 Å². The molecule has 1 amide bonds. The minimum absolute atomic E-state index is 0.134. The number of carbonyl (C=O) groups excluding carboxylic acids is 1. The molecule has 1 saturated heterocycles. The molecule has 2 aliphatic rings. The molecule has 3 nitrogen and oxygen atoms in total. The van der Waals surface area contributed by atoms with Crippen molar-refractivity contribution in [2.45, 2.75) is 46.5 Å². The van der Waals surface area contributed by atoms with E-state index in [1.165, 1.54) is 40.7 Å². The summed E-state index contributed by atoms with van der Waals surface area (Å²) in [6.45, 7) is 10.1. The van der Waals surface area contributed by atoms with Crippen LogP contribution in [0.25, 0.3) is 5.57 Å². The van der Waals surface area contributed by atoms with Crippen molar-refractivity contribution in [3.05, 3.63) is 76.4 Å². The van der Waals surface area contributed by atoms with Crippen LogP contribution in [0, 0.1) is 12.3 Å². The SMILES string of the molecule is CCCN(CC)C(=O)c1ccc(C2=CC3(CCNCC3)Cc3ccc(C)cc32)cc1. The Balaban J connectivity index is 1.70. The quantitative estimate of drug-likeness (QED) is 0.743. The van der Waals surface area contributed by atoms with Crippen LogP contribution in [0.15, 0.2) is 48.5 Å². The smallest absolute Gasteiger partial charge is 0.253 e. The first-order valence-corrected chi connectivity index (χ1v) is 11.5. The predicted molar refractivity (Wildman–Crippen MR) is 125 cm³/mol. The normalized spacial score (nSPS) is 17.4. The second-order valence-corrected chi connectivity index (χ2v) is 8.97. The summed E-state index contributed by atoms with van der Waals surface area (Å²) in [5.41, 5.74) is 7.70. The van der Waals surface area contributed by atoms with Gasteiger partial charge in [0, 0.05) is 18.7 Å². The molecule has 0 unspecified atom stereocenters. The number of amides is 1. The maximum Gasteiger partial charge on any atom is 0.253 e. The molecule has 1 fully saturated rings. The molecular weight excluding hydrogens is 368 g/mol. The maximum atomic E-state index is 12.8. The lowest BCUT2D eigenvalue weighted by molar-refractivity contribution is 0.0764. The minimum Gasteiger partial charge on any atom is -0.339 e. The summed E-state index contributed by atoms with van der Waals surface area (Å²) in [6.07, 6.45) is 7.03. The van der Waals surface area contributed by atoms with Gasteiger partial charge in [0.2, 0.25) is 0 Å². The molecule has 1 N–H and O–H groups in total. The zero-order valence-electron chi connectivity index (χ0n) is 18.6. The van der Waals surface area contributed by atoms with Crippen LogP contribution in [0.2, 0.25) is 0 Å². The van der Waals surface area contributed by atoms with Gasteiger partial charge in [-0.15, -0.1) is 0 Å². The summed E-state index contributed by atoms with van der Waals surface area (Å²) in [4.78, 5) is 14.8. The van der Waals surface area contributed by atoms with Crippen molar-refractivity contribution >= 4 is 11.5 Å². The predicted octanol–water partition coefficient (Wildman–Crippen LogP) is 5.22. The maximum absolute atomic E-state index is 12.8. The molecule has 30 heavy (non-hydrogen) atoms. The lowest BCUT2D eigenvalue weighted by atomic mass is 9.67. The van der Waals surface area contributed by atoms with Crippen molar-refractivity contribution in [1.82, 2.24) is 10.2 Å². The first-order chi connectivity index (χ1) is 14.5. The summed E-state index contributed by atoms with van der Waals surface area (Å²) in [6, 6.07) is 15.2. The number of piperidine rings is 1. The van der Waals surface area contributed by atoms with Crippen LogP contribution < -0.4 is 5.32 Å². The van der Waals surface area contributed by atoms with Crippen molar-refractivity contribution in [3.8, 4) is 0 Å². The highest BCUT2D eigenvalue weighted by molar-refractivity contribution is 5.95. The average molecular weight is 403 g/mol. The van der Waals surface area contributed by atoms with Gasteiger partial charge in [-0.05, 0) is 92.4 Å². The lowest BCUT2D eigenvalue weighted by Gasteiger charge is -2.40. The summed E-state index contributed by atoms with van der Waals surface area (Å²) in [7, 11) is 0. The summed E-state index contributed by atoms with van der Waals surface area (Å²) in [5, 5.41) is 3.52. The second kappa shape index (κ2) is 8.77. The van der Waals surface area contributed by atoms with Crippen LogP contribution in [-0.4, -0.2) is 37.0 Å². The van der Waals surface area contributed by atoms with Gasteiger partial charge < -0.3 is 10.2 Å². The summed E-state index contributed by atoms with van der Waals surface area (Å²) < 4.78 is 0. The number of hydrogen-bond acceptors (Lipinski definition) is 2. The molecule has 0 saturated carbocycles. The molecule has 4 rings (SSSR count). The fraction of sp³-hybridized carbons (Fsp3) is 0.444. The van der Waals surface area contributed by atoms with E-state index >= 15 is 0 Å². The summed E-state index contributed by atoms with van der Waals surface area (Å²) in [5.74, 6) is 0.134. The number of benzene rings is 2. The number of rotatable bonds is 5. The number of fused-ring (bicyclic) bond motifs is 1. The third-order valence-electron chi connectivity index (χ3n) is 6.75. The van der Waals surface area contributed by atoms with Crippen LogP contribution >= 0.6 is 0 Å². The Hall–Kier alpha value is -2.39. The van der Waals surface area contributed by atoms with Gasteiger partial charge in [0.05, 0.1) is 0 Å². The second-order valence-electron chi connectivity index (χ2n) is 8.97. The Kier molecular flexibility index (Phi) is 6.10. The van der Waals surface area contributed by atoms with Crippen molar-refractivity contribution in [2.75, 3.05) is 26.2 Å². The third kappa shape index (κ3) is 4.09. The van der Waals surface area contributed by atoms with Gasteiger partial charge in [-0.25, -0.2) is 0 Å². The molecule has 1 aliphatic heterocycles. The number of aryl methyl sites for hydroxylation is 1. The highest BCUT2D eigenvalue weighted by Crippen LogP contribution is 2.45. The fourth-order valence-electron chi connectivity index (χ4n) is 5.04. The number of nitrogens with one attached hydrogen (secondary N) is 1. The van der Waals surface area contributed by atoms with Crippen LogP contribution in [0.5, 0.6) is 0 Å². The van der Waals surface area contributed by atoms with Gasteiger partial charge in [-0.2, -0.15) is 0 Å². The van der Waals surface area contributed by atoms with Crippen molar-refractivity contribution < 1.29 is 4.79 Å². The largest absolute Gasteiger partial charge is 0.339 e. The van der Waals surface area contributed by atoms with E-state index < -0.39 is 0 Å². The molecule has 0 bridgehead atoms. The fourth-order valence-corrected chi connectivity index (χ4v) is 5.04. The molecule has 158 valence electrons. The first-order valence-electron chi connectivity index (χ1n) is 11.5. The van der Waals surface area contributed by atoms with Gasteiger partial charge in [-0.3, -0.25) is 4.79 Å². The molecule has 1 heterocycles. The monoisotopic (exact) mass is 402 g/mol. The topological polar surface area (TPSA) is 32.3 Å². The van der Waals surface area contributed by atoms with Gasteiger partial charge in [0.15, 0.2) is 0 Å². The van der Waals surface area contributed by atoms with Gasteiger partial charge in [0.25, 0.3) is 5.91 Å². The Morgan fingerprint density at radius 1 is 1.07 bits per heavy atom. The molecule has 2 aromatic rings. The lowest BCUT2D eigenvalue weighted by Crippen LogP contribution is -2.38. The molecule has 0 radical (unpaired) electrons. The van der Waals surface area contributed by atoms with Crippen LogP contribution in [0.3, 0.4) is 0 Å². The van der Waals surface area contributed by atoms with E-state index in [2.05, 4.69) is 55.6 Å². The van der Waals surface area contributed by atoms with Crippen LogP contribution in [0.4, 0.5) is 0 Å². The molecule has 3 heteroatoms. The van der Waals surface area contributed by atoms with Crippen molar-refractivity contribution in [3.63, 3.8) is 0 Å². The standard InChI is InChI=1S/C27H34N2O/c1-4-16-29(5-2)26(30)22-10-8-21(9-11-22)25-19-27(12-14-28-15-13-27)18-23-7-6-20(3)17-24(23)25/h6-11,17,19,28H,4-5,12-16,18H2,1-3H3. The average Bonchev–Trinajstić information content (AvgIpc) is 2.77. The number of carbonyl (C=O) groups is 1. The van der Waals surface area contributed by atoms with E-state index in [0.29, 0.717) is 0 Å². The Morgan fingerprint density at radius 3 is 2.47 bits per heavy atom. The molecular formula is C27H34N2O. The zero-order chi connectivity index (χ0) is 21.1. The summed E-state index contributed by atoms with van der Waals surface area (Å²) >= 11 is 0. The van der Waals surface area contributed by atoms with E-state index in [9.17, 15) is 4.79 Å². The van der Waals surface area contributed by atoms with E-state index in [4.69, 9.17) is 0 Å². The van der Waals surface area contributed by atoms with Crippen LogP contribution in [0.1, 0.15) is 65.7 Å². The first kappa shape index (κ1) is 20.9. The molecule has 1 aliphatic carbocycles.